The molecule has 0 N–H and O–H groups in total. The van der Waals surface area contributed by atoms with Crippen LogP contribution in [0.15, 0.2) is 81.9 Å². The van der Waals surface area contributed by atoms with Gasteiger partial charge in [0.25, 0.3) is 0 Å². The first-order valence-electron chi connectivity index (χ1n) is 9.24. The first-order valence-corrected chi connectivity index (χ1v) is 10.4. The van der Waals surface area contributed by atoms with E-state index in [4.69, 9.17) is 21.1 Å². The largest absolute Gasteiger partial charge is 0.489 e. The molecule has 0 saturated heterocycles. The number of hydrogen-bond donors (Lipinski definition) is 0. The summed E-state index contributed by atoms with van der Waals surface area (Å²) in [6.45, 7) is 2.39. The maximum absolute atomic E-state index is 12.2. The molecule has 3 aromatic rings. The molecule has 0 amide bonds. The van der Waals surface area contributed by atoms with Gasteiger partial charge in [-0.05, 0) is 66.1 Å². The monoisotopic (exact) mass is 481 g/mol. The van der Waals surface area contributed by atoms with Crippen LogP contribution in [-0.4, -0.2) is 11.9 Å². The Bertz CT molecular complexity index is 1150. The third-order valence-electron chi connectivity index (χ3n) is 4.54. The van der Waals surface area contributed by atoms with Gasteiger partial charge in [-0.3, -0.25) is 0 Å². The van der Waals surface area contributed by atoms with E-state index in [2.05, 4.69) is 20.9 Å². The van der Waals surface area contributed by atoms with Crippen molar-refractivity contribution in [1.82, 2.24) is 0 Å². The zero-order chi connectivity index (χ0) is 21.1. The molecular weight excluding hydrogens is 466 g/mol. The molecule has 0 radical (unpaired) electrons. The third-order valence-corrected chi connectivity index (χ3v) is 5.48. The van der Waals surface area contributed by atoms with Crippen LogP contribution >= 0.6 is 27.5 Å². The van der Waals surface area contributed by atoms with Crippen molar-refractivity contribution in [2.24, 2.45) is 4.99 Å². The maximum atomic E-state index is 12.2. The van der Waals surface area contributed by atoms with E-state index in [0.717, 1.165) is 26.9 Å². The molecule has 0 bridgehead atoms. The SMILES string of the molecule is Cc1ccc(C2=N/C(=C\c3ccc(OCc4ccc(Br)cc4)cc3)C(=O)O2)cc1Cl. The molecular formula is C24H17BrClNO3. The summed E-state index contributed by atoms with van der Waals surface area (Å²) in [4.78, 5) is 16.5. The van der Waals surface area contributed by atoms with Crippen molar-refractivity contribution in [3.05, 3.63) is 104 Å². The van der Waals surface area contributed by atoms with Crippen LogP contribution in [0.25, 0.3) is 6.08 Å². The van der Waals surface area contributed by atoms with Crippen LogP contribution in [-0.2, 0) is 16.1 Å². The second-order valence-corrected chi connectivity index (χ2v) is 8.11. The fraction of sp³-hybridized carbons (Fsp3) is 0.0833. The smallest absolute Gasteiger partial charge is 0.363 e. The van der Waals surface area contributed by atoms with Gasteiger partial charge in [0.15, 0.2) is 5.70 Å². The summed E-state index contributed by atoms with van der Waals surface area (Å²) >= 11 is 9.58. The Balaban J connectivity index is 1.46. The molecule has 4 nitrogen and oxygen atoms in total. The number of benzene rings is 3. The van der Waals surface area contributed by atoms with Crippen molar-refractivity contribution in [2.45, 2.75) is 13.5 Å². The van der Waals surface area contributed by atoms with Gasteiger partial charge in [-0.25, -0.2) is 9.79 Å². The number of aryl methyl sites for hydroxylation is 1. The molecule has 6 heteroatoms. The number of esters is 1. The Labute approximate surface area is 187 Å². The van der Waals surface area contributed by atoms with Gasteiger partial charge in [-0.15, -0.1) is 0 Å². The van der Waals surface area contributed by atoms with Gasteiger partial charge in [0, 0.05) is 15.1 Å². The zero-order valence-electron chi connectivity index (χ0n) is 16.1. The van der Waals surface area contributed by atoms with E-state index in [1.165, 1.54) is 0 Å². The Hall–Kier alpha value is -2.89. The molecule has 30 heavy (non-hydrogen) atoms. The van der Waals surface area contributed by atoms with E-state index in [-0.39, 0.29) is 11.6 Å². The van der Waals surface area contributed by atoms with Crippen LogP contribution in [0.4, 0.5) is 0 Å². The molecule has 0 fully saturated rings. The molecule has 0 atom stereocenters. The van der Waals surface area contributed by atoms with Gasteiger partial charge >= 0.3 is 5.97 Å². The average molecular weight is 483 g/mol. The predicted molar refractivity (Wildman–Crippen MR) is 122 cm³/mol. The molecule has 1 aliphatic rings. The minimum Gasteiger partial charge on any atom is -0.489 e. The summed E-state index contributed by atoms with van der Waals surface area (Å²) in [5.74, 6) is 0.507. The minimum absolute atomic E-state index is 0.241. The lowest BCUT2D eigenvalue weighted by atomic mass is 10.1. The van der Waals surface area contributed by atoms with E-state index in [0.29, 0.717) is 17.2 Å². The Morgan fingerprint density at radius 3 is 2.50 bits per heavy atom. The molecule has 0 aromatic heterocycles. The van der Waals surface area contributed by atoms with Crippen LogP contribution in [0.5, 0.6) is 5.75 Å². The van der Waals surface area contributed by atoms with Crippen LogP contribution < -0.4 is 4.74 Å². The Kier molecular flexibility index (Phi) is 6.02. The summed E-state index contributed by atoms with van der Waals surface area (Å²) in [5, 5.41) is 0.599. The maximum Gasteiger partial charge on any atom is 0.363 e. The lowest BCUT2D eigenvalue weighted by molar-refractivity contribution is -0.129. The summed E-state index contributed by atoms with van der Waals surface area (Å²) in [6, 6.07) is 20.9. The second-order valence-electron chi connectivity index (χ2n) is 6.78. The summed E-state index contributed by atoms with van der Waals surface area (Å²) in [5.41, 5.74) is 3.76. The molecule has 150 valence electrons. The first kappa shape index (κ1) is 20.4. The number of carbonyl (C=O) groups is 1. The fourth-order valence-corrected chi connectivity index (χ4v) is 3.27. The quantitative estimate of drug-likeness (QED) is 0.315. The van der Waals surface area contributed by atoms with Gasteiger partial charge in [0.2, 0.25) is 5.90 Å². The predicted octanol–water partition coefficient (Wildman–Crippen LogP) is 6.33. The highest BCUT2D eigenvalue weighted by atomic mass is 79.9. The Morgan fingerprint density at radius 2 is 1.80 bits per heavy atom. The van der Waals surface area contributed by atoms with Crippen LogP contribution in [0.3, 0.4) is 0 Å². The lowest BCUT2D eigenvalue weighted by Crippen LogP contribution is -2.05. The highest BCUT2D eigenvalue weighted by molar-refractivity contribution is 9.10. The summed E-state index contributed by atoms with van der Waals surface area (Å²) in [7, 11) is 0. The number of halogens is 2. The van der Waals surface area contributed by atoms with Crippen LogP contribution in [0.1, 0.15) is 22.3 Å². The van der Waals surface area contributed by atoms with Crippen molar-refractivity contribution in [3.63, 3.8) is 0 Å². The van der Waals surface area contributed by atoms with Crippen molar-refractivity contribution < 1.29 is 14.3 Å². The molecule has 3 aromatic carbocycles. The van der Waals surface area contributed by atoms with E-state index in [9.17, 15) is 4.79 Å². The average Bonchev–Trinajstić information content (AvgIpc) is 3.11. The second kappa shape index (κ2) is 8.86. The number of cyclic esters (lactones) is 1. The van der Waals surface area contributed by atoms with E-state index in [1.54, 1.807) is 12.1 Å². The number of nitrogens with zero attached hydrogens (tertiary/aromatic N) is 1. The normalized spacial score (nSPS) is 14.6. The minimum atomic E-state index is -0.489. The molecule has 0 aliphatic carbocycles. The number of carbonyl (C=O) groups excluding carboxylic acids is 1. The van der Waals surface area contributed by atoms with Crippen molar-refractivity contribution in [3.8, 4) is 5.75 Å². The lowest BCUT2D eigenvalue weighted by Gasteiger charge is -2.06. The standard InChI is InChI=1S/C24H17BrClNO3/c1-15-2-7-18(13-21(15)26)23-27-22(24(28)30-23)12-16-5-10-20(11-6-16)29-14-17-3-8-19(25)9-4-17/h2-13H,14H2,1H3/b22-12-. The van der Waals surface area contributed by atoms with E-state index < -0.39 is 5.97 Å². The molecule has 1 aliphatic heterocycles. The first-order chi connectivity index (χ1) is 14.5. The Morgan fingerprint density at radius 1 is 1.07 bits per heavy atom. The molecule has 0 saturated carbocycles. The number of rotatable bonds is 5. The van der Waals surface area contributed by atoms with Crippen molar-refractivity contribution in [1.29, 1.82) is 0 Å². The van der Waals surface area contributed by atoms with Gasteiger partial charge in [0.05, 0.1) is 0 Å². The van der Waals surface area contributed by atoms with Crippen LogP contribution in [0.2, 0.25) is 5.02 Å². The molecule has 0 unspecified atom stereocenters. The van der Waals surface area contributed by atoms with E-state index >= 15 is 0 Å². The van der Waals surface area contributed by atoms with Gasteiger partial charge in [-0.1, -0.05) is 57.9 Å². The number of aliphatic imine (C=N–C) groups is 1. The third kappa shape index (κ3) is 4.81. The zero-order valence-corrected chi connectivity index (χ0v) is 18.4. The highest BCUT2D eigenvalue weighted by Gasteiger charge is 2.24. The van der Waals surface area contributed by atoms with Crippen LogP contribution in [0, 0.1) is 6.92 Å². The number of hydrogen-bond acceptors (Lipinski definition) is 4. The molecule has 1 heterocycles. The highest BCUT2D eigenvalue weighted by Crippen LogP contribution is 2.23. The topological polar surface area (TPSA) is 47.9 Å². The fourth-order valence-electron chi connectivity index (χ4n) is 2.82. The summed E-state index contributed by atoms with van der Waals surface area (Å²) in [6.07, 6.45) is 1.68. The number of ether oxygens (including phenoxy) is 2. The molecule has 0 spiro atoms. The molecule has 4 rings (SSSR count). The summed E-state index contributed by atoms with van der Waals surface area (Å²) < 4.78 is 12.1. The van der Waals surface area contributed by atoms with Gasteiger partial charge in [-0.2, -0.15) is 0 Å². The van der Waals surface area contributed by atoms with Gasteiger partial charge in [0.1, 0.15) is 12.4 Å². The van der Waals surface area contributed by atoms with E-state index in [1.807, 2.05) is 67.6 Å². The van der Waals surface area contributed by atoms with Crippen molar-refractivity contribution >= 4 is 45.5 Å². The van der Waals surface area contributed by atoms with Crippen molar-refractivity contribution in [2.75, 3.05) is 0 Å². The van der Waals surface area contributed by atoms with Gasteiger partial charge < -0.3 is 9.47 Å².